The highest BCUT2D eigenvalue weighted by Gasteiger charge is 2.43. The number of furan rings is 1. The van der Waals surface area contributed by atoms with E-state index in [-0.39, 0.29) is 29.5 Å². The topological polar surface area (TPSA) is 102 Å². The molecule has 9 heteroatoms. The molecule has 1 aromatic heterocycles. The summed E-state index contributed by atoms with van der Waals surface area (Å²) in [6.07, 6.45) is 1.40. The molecular formula is C16H17NO6S2. The van der Waals surface area contributed by atoms with Crippen molar-refractivity contribution >= 4 is 25.6 Å². The Balaban J connectivity index is 1.69. The van der Waals surface area contributed by atoms with E-state index in [1.807, 2.05) is 0 Å². The molecule has 2 heterocycles. The minimum Gasteiger partial charge on any atom is -0.468 e. The van der Waals surface area contributed by atoms with Gasteiger partial charge in [-0.1, -0.05) is 12.1 Å². The summed E-state index contributed by atoms with van der Waals surface area (Å²) in [4.78, 5) is 11.3. The predicted octanol–water partition coefficient (Wildman–Crippen LogP) is 1.47. The second-order valence-corrected chi connectivity index (χ2v) is 10.1. The second-order valence-electron chi connectivity index (χ2n) is 5.91. The van der Waals surface area contributed by atoms with Crippen LogP contribution in [0.2, 0.25) is 0 Å². The molecule has 0 aliphatic carbocycles. The van der Waals surface area contributed by atoms with E-state index in [0.29, 0.717) is 11.3 Å². The summed E-state index contributed by atoms with van der Waals surface area (Å²) in [5, 5.41) is -0.746. The van der Waals surface area contributed by atoms with Gasteiger partial charge in [0.2, 0.25) is 10.0 Å². The van der Waals surface area contributed by atoms with Gasteiger partial charge in [0.1, 0.15) is 11.5 Å². The first-order valence-electron chi connectivity index (χ1n) is 7.55. The molecule has 134 valence electrons. The van der Waals surface area contributed by atoms with E-state index in [9.17, 15) is 21.6 Å². The lowest BCUT2D eigenvalue weighted by Gasteiger charge is -2.37. The fraction of sp³-hybridized carbons (Fsp3) is 0.312. The van der Waals surface area contributed by atoms with Crippen LogP contribution in [0, 0.1) is 0 Å². The van der Waals surface area contributed by atoms with Gasteiger partial charge in [0.25, 0.3) is 0 Å². The van der Waals surface area contributed by atoms with Crippen molar-refractivity contribution in [1.29, 1.82) is 0 Å². The van der Waals surface area contributed by atoms with E-state index in [4.69, 9.17) is 4.42 Å². The zero-order chi connectivity index (χ0) is 18.2. The summed E-state index contributed by atoms with van der Waals surface area (Å²) in [7, 11) is -7.25. The van der Waals surface area contributed by atoms with Crippen molar-refractivity contribution in [2.24, 2.45) is 0 Å². The third-order valence-electron chi connectivity index (χ3n) is 4.14. The third-order valence-corrected chi connectivity index (χ3v) is 7.99. The van der Waals surface area contributed by atoms with E-state index in [1.165, 1.54) is 37.5 Å². The molecule has 1 aromatic carbocycles. The Morgan fingerprint density at radius 1 is 1.12 bits per heavy atom. The molecule has 0 spiro atoms. The average molecular weight is 383 g/mol. The molecule has 2 aromatic rings. The Hall–Kier alpha value is -1.97. The Bertz CT molecular complexity index is 970. The van der Waals surface area contributed by atoms with E-state index in [2.05, 4.69) is 0 Å². The maximum absolute atomic E-state index is 12.5. The van der Waals surface area contributed by atoms with Crippen LogP contribution in [0.5, 0.6) is 0 Å². The van der Waals surface area contributed by atoms with Crippen LogP contribution in [0.3, 0.4) is 0 Å². The van der Waals surface area contributed by atoms with E-state index >= 15 is 0 Å². The van der Waals surface area contributed by atoms with E-state index in [1.54, 1.807) is 12.1 Å². The van der Waals surface area contributed by atoms with Crippen LogP contribution in [-0.4, -0.2) is 45.3 Å². The van der Waals surface area contributed by atoms with Crippen LogP contribution in [0.25, 0.3) is 0 Å². The van der Waals surface area contributed by atoms with Crippen LogP contribution in [-0.2, 0) is 25.6 Å². The molecule has 1 aliphatic heterocycles. The second kappa shape index (κ2) is 6.40. The maximum Gasteiger partial charge on any atom is 0.243 e. The normalized spacial score (nSPS) is 16.5. The number of Topliss-reactive ketones (excluding diaryl/α,β-unsaturated/α-hetero) is 1. The summed E-state index contributed by atoms with van der Waals surface area (Å²) >= 11 is 0. The molecule has 0 radical (unpaired) electrons. The lowest BCUT2D eigenvalue weighted by atomic mass is 10.2. The quantitative estimate of drug-likeness (QED) is 0.700. The standard InChI is InChI=1S/C16H17NO6S2/c1-12(18)13-4-6-15(7-5-13)25(21,22)17-9-16(10-17)24(19,20)11-14-3-2-8-23-14/h2-8,16H,9-11H2,1H3. The van der Waals surface area contributed by atoms with Gasteiger partial charge in [0.15, 0.2) is 15.6 Å². The number of benzene rings is 1. The Morgan fingerprint density at radius 3 is 2.28 bits per heavy atom. The molecule has 25 heavy (non-hydrogen) atoms. The van der Waals surface area contributed by atoms with Gasteiger partial charge in [-0.15, -0.1) is 0 Å². The predicted molar refractivity (Wildman–Crippen MR) is 90.3 cm³/mol. The first-order valence-corrected chi connectivity index (χ1v) is 10.7. The lowest BCUT2D eigenvalue weighted by Crippen LogP contribution is -2.56. The number of ketones is 1. The van der Waals surface area contributed by atoms with Crippen molar-refractivity contribution in [3.05, 3.63) is 54.0 Å². The fourth-order valence-corrected chi connectivity index (χ4v) is 5.88. The number of hydrogen-bond acceptors (Lipinski definition) is 6. The lowest BCUT2D eigenvalue weighted by molar-refractivity contribution is 0.101. The number of sulfonamides is 1. The Kier molecular flexibility index (Phi) is 4.56. The van der Waals surface area contributed by atoms with Gasteiger partial charge in [-0.3, -0.25) is 4.79 Å². The molecule has 3 rings (SSSR count). The number of hydrogen-bond donors (Lipinski definition) is 0. The minimum atomic E-state index is -3.77. The van der Waals surface area contributed by atoms with Crippen LogP contribution in [0.1, 0.15) is 23.0 Å². The molecule has 7 nitrogen and oxygen atoms in total. The van der Waals surface area contributed by atoms with E-state index < -0.39 is 25.1 Å². The van der Waals surface area contributed by atoms with Crippen LogP contribution in [0.15, 0.2) is 52.0 Å². The summed E-state index contributed by atoms with van der Waals surface area (Å²) in [5.74, 6) is -0.0654. The van der Waals surface area contributed by atoms with Crippen molar-refractivity contribution in [2.45, 2.75) is 22.8 Å². The summed E-state index contributed by atoms with van der Waals surface area (Å²) in [6.45, 7) is 1.23. The highest BCUT2D eigenvalue weighted by Crippen LogP contribution is 2.27. The minimum absolute atomic E-state index is 0.0411. The summed E-state index contributed by atoms with van der Waals surface area (Å²) < 4.78 is 55.8. The molecule has 0 unspecified atom stereocenters. The molecule has 1 saturated heterocycles. The zero-order valence-electron chi connectivity index (χ0n) is 13.5. The number of carbonyl (C=O) groups excluding carboxylic acids is 1. The van der Waals surface area contributed by atoms with Gasteiger partial charge in [-0.25, -0.2) is 16.8 Å². The van der Waals surface area contributed by atoms with Gasteiger partial charge in [-0.2, -0.15) is 4.31 Å². The Morgan fingerprint density at radius 2 is 1.76 bits per heavy atom. The SMILES string of the molecule is CC(=O)c1ccc(S(=O)(=O)N2CC(S(=O)(=O)Cc3ccco3)C2)cc1. The third kappa shape index (κ3) is 3.53. The van der Waals surface area contributed by atoms with E-state index in [0.717, 1.165) is 4.31 Å². The van der Waals surface area contributed by atoms with Crippen LogP contribution >= 0.6 is 0 Å². The number of nitrogens with zero attached hydrogens (tertiary/aromatic N) is 1. The van der Waals surface area contributed by atoms with Crippen molar-refractivity contribution in [1.82, 2.24) is 4.31 Å². The van der Waals surface area contributed by atoms with Crippen molar-refractivity contribution in [3.8, 4) is 0 Å². The molecule has 1 fully saturated rings. The van der Waals surface area contributed by atoms with Crippen molar-refractivity contribution < 1.29 is 26.0 Å². The van der Waals surface area contributed by atoms with Crippen molar-refractivity contribution in [2.75, 3.05) is 13.1 Å². The smallest absolute Gasteiger partial charge is 0.243 e. The molecule has 1 aliphatic rings. The van der Waals surface area contributed by atoms with Gasteiger partial charge in [0, 0.05) is 18.7 Å². The molecule has 0 saturated carbocycles. The first-order chi connectivity index (χ1) is 11.7. The summed E-state index contributed by atoms with van der Waals surface area (Å²) in [6, 6.07) is 8.78. The van der Waals surface area contributed by atoms with Gasteiger partial charge >= 0.3 is 0 Å². The number of sulfone groups is 1. The average Bonchev–Trinajstić information content (AvgIpc) is 2.97. The van der Waals surface area contributed by atoms with Crippen molar-refractivity contribution in [3.63, 3.8) is 0 Å². The van der Waals surface area contributed by atoms with Crippen LogP contribution < -0.4 is 0 Å². The zero-order valence-corrected chi connectivity index (χ0v) is 15.1. The highest BCUT2D eigenvalue weighted by atomic mass is 32.2. The van der Waals surface area contributed by atoms with Crippen LogP contribution in [0.4, 0.5) is 0 Å². The summed E-state index contributed by atoms with van der Waals surface area (Å²) in [5.41, 5.74) is 0.418. The highest BCUT2D eigenvalue weighted by molar-refractivity contribution is 7.92. The first kappa shape index (κ1) is 17.8. The molecular weight excluding hydrogens is 366 g/mol. The number of rotatable bonds is 6. The van der Waals surface area contributed by atoms with Gasteiger partial charge < -0.3 is 4.42 Å². The van der Waals surface area contributed by atoms with Gasteiger partial charge in [-0.05, 0) is 31.2 Å². The molecule has 0 atom stereocenters. The van der Waals surface area contributed by atoms with Gasteiger partial charge in [0.05, 0.1) is 16.4 Å². The largest absolute Gasteiger partial charge is 0.468 e. The fourth-order valence-electron chi connectivity index (χ4n) is 2.55. The molecule has 0 amide bonds. The molecule has 0 bridgehead atoms. The maximum atomic E-state index is 12.5. The molecule has 0 N–H and O–H groups in total. The monoisotopic (exact) mass is 383 g/mol. The number of carbonyl (C=O) groups is 1. The Labute approximate surface area is 146 Å².